The maximum atomic E-state index is 12.0. The maximum Gasteiger partial charge on any atom is 0.243 e. The van der Waals surface area contributed by atoms with E-state index in [0.29, 0.717) is 48.6 Å². The SMILES string of the molecule is C[C@]12CC[C@@H]3c4ccc(O)cc4CC[C@H]3[C@@H]1CC[C@@]2(O)c1cn(CCCC(=O)NO)nn1. The molecule has 0 saturated heterocycles. The smallest absolute Gasteiger partial charge is 0.243 e. The minimum Gasteiger partial charge on any atom is -0.508 e. The van der Waals surface area contributed by atoms with Gasteiger partial charge in [0.25, 0.3) is 0 Å². The molecule has 8 heteroatoms. The summed E-state index contributed by atoms with van der Waals surface area (Å²) in [5.74, 6) is 1.38. The molecular weight excluding hydrogens is 408 g/mol. The Balaban J connectivity index is 1.36. The first-order valence-corrected chi connectivity index (χ1v) is 11.7. The number of benzene rings is 1. The number of aromatic hydroxyl groups is 1. The maximum absolute atomic E-state index is 12.0. The molecule has 172 valence electrons. The van der Waals surface area contributed by atoms with Crippen molar-refractivity contribution in [3.05, 3.63) is 41.2 Å². The summed E-state index contributed by atoms with van der Waals surface area (Å²) >= 11 is 0. The van der Waals surface area contributed by atoms with Crippen LogP contribution in [0.4, 0.5) is 0 Å². The van der Waals surface area contributed by atoms with Gasteiger partial charge < -0.3 is 10.2 Å². The fraction of sp³-hybridized carbons (Fsp3) is 0.625. The van der Waals surface area contributed by atoms with E-state index in [4.69, 9.17) is 5.21 Å². The van der Waals surface area contributed by atoms with Crippen molar-refractivity contribution >= 4 is 5.91 Å². The van der Waals surface area contributed by atoms with Crippen LogP contribution in [-0.4, -0.2) is 36.3 Å². The molecule has 2 fully saturated rings. The van der Waals surface area contributed by atoms with Gasteiger partial charge in [0.1, 0.15) is 17.0 Å². The highest BCUT2D eigenvalue weighted by Gasteiger charge is 2.63. The predicted molar refractivity (Wildman–Crippen MR) is 116 cm³/mol. The lowest BCUT2D eigenvalue weighted by Gasteiger charge is -2.52. The highest BCUT2D eigenvalue weighted by molar-refractivity contribution is 5.74. The second kappa shape index (κ2) is 7.85. The van der Waals surface area contributed by atoms with Crippen molar-refractivity contribution in [3.8, 4) is 5.75 Å². The van der Waals surface area contributed by atoms with E-state index in [2.05, 4.69) is 23.3 Å². The average Bonchev–Trinajstić information content (AvgIpc) is 3.36. The number of aryl methyl sites for hydroxylation is 2. The molecule has 3 aliphatic rings. The minimum absolute atomic E-state index is 0.206. The molecule has 4 N–H and O–H groups in total. The number of nitrogens with zero attached hydrogens (tertiary/aromatic N) is 3. The Bertz CT molecular complexity index is 1020. The molecule has 8 nitrogen and oxygen atoms in total. The van der Waals surface area contributed by atoms with E-state index in [1.54, 1.807) is 10.2 Å². The van der Waals surface area contributed by atoms with E-state index in [-0.39, 0.29) is 11.8 Å². The van der Waals surface area contributed by atoms with E-state index < -0.39 is 11.5 Å². The topological polar surface area (TPSA) is 120 Å². The van der Waals surface area contributed by atoms with Gasteiger partial charge in [-0.3, -0.25) is 14.7 Å². The van der Waals surface area contributed by atoms with Gasteiger partial charge in [0.15, 0.2) is 0 Å². The number of phenolic OH excluding ortho intramolecular Hbond substituents is 1. The van der Waals surface area contributed by atoms with Crippen LogP contribution in [0.2, 0.25) is 0 Å². The van der Waals surface area contributed by atoms with Gasteiger partial charge in [0.05, 0.1) is 6.20 Å². The first-order chi connectivity index (χ1) is 15.4. The lowest BCUT2D eigenvalue weighted by molar-refractivity contribution is -0.129. The Kier molecular flexibility index (Phi) is 5.25. The van der Waals surface area contributed by atoms with Gasteiger partial charge in [-0.2, -0.15) is 0 Å². The van der Waals surface area contributed by atoms with Gasteiger partial charge in [-0.15, -0.1) is 5.10 Å². The summed E-state index contributed by atoms with van der Waals surface area (Å²) in [5.41, 5.74) is 3.68. The van der Waals surface area contributed by atoms with E-state index in [1.807, 2.05) is 18.3 Å². The first kappa shape index (κ1) is 21.4. The molecule has 3 aliphatic carbocycles. The molecule has 0 unspecified atom stereocenters. The standard InChI is InChI=1S/C24H32N4O4/c1-23-10-8-18-17-7-5-16(29)13-15(17)4-6-19(18)20(23)9-11-24(23,31)21-14-28(27-25-21)12-2-3-22(30)26-32/h5,7,13-14,18-20,29,31-32H,2-4,6,8-12H2,1H3,(H,26,30)/t18-,19-,20+,23+,24-/m1/s1. The quantitative estimate of drug-likeness (QED) is 0.419. The summed E-state index contributed by atoms with van der Waals surface area (Å²) in [5, 5.41) is 39.0. The van der Waals surface area contributed by atoms with Gasteiger partial charge in [0.2, 0.25) is 5.91 Å². The number of rotatable bonds is 5. The third-order valence-corrected chi connectivity index (χ3v) is 8.74. The Morgan fingerprint density at radius 2 is 2.12 bits per heavy atom. The number of amides is 1. The molecule has 2 aromatic rings. The van der Waals surface area contributed by atoms with Crippen LogP contribution in [0.15, 0.2) is 24.4 Å². The van der Waals surface area contributed by atoms with E-state index in [0.717, 1.165) is 32.1 Å². The number of hydrogen-bond donors (Lipinski definition) is 4. The van der Waals surface area contributed by atoms with Crippen molar-refractivity contribution < 1.29 is 20.2 Å². The molecule has 5 atom stereocenters. The number of fused-ring (bicyclic) bond motifs is 5. The average molecular weight is 441 g/mol. The molecule has 1 heterocycles. The fourth-order valence-corrected chi connectivity index (χ4v) is 7.06. The highest BCUT2D eigenvalue weighted by Crippen LogP contribution is 2.66. The lowest BCUT2D eigenvalue weighted by Crippen LogP contribution is -2.49. The Hall–Kier alpha value is -2.45. The van der Waals surface area contributed by atoms with Crippen LogP contribution in [0, 0.1) is 17.3 Å². The predicted octanol–water partition coefficient (Wildman–Crippen LogP) is 3.01. The second-order valence-electron chi connectivity index (χ2n) is 10.2. The molecule has 32 heavy (non-hydrogen) atoms. The zero-order chi connectivity index (χ0) is 22.5. The van der Waals surface area contributed by atoms with E-state index in [1.165, 1.54) is 11.1 Å². The number of aromatic nitrogens is 3. The van der Waals surface area contributed by atoms with Gasteiger partial charge in [-0.05, 0) is 86.0 Å². The van der Waals surface area contributed by atoms with Crippen molar-refractivity contribution in [2.75, 3.05) is 0 Å². The van der Waals surface area contributed by atoms with Crippen LogP contribution in [-0.2, 0) is 23.4 Å². The summed E-state index contributed by atoms with van der Waals surface area (Å²) in [6.45, 7) is 2.74. The van der Waals surface area contributed by atoms with Crippen LogP contribution in [0.3, 0.4) is 0 Å². The first-order valence-electron chi connectivity index (χ1n) is 11.7. The number of carbonyl (C=O) groups excluding carboxylic acids is 1. The van der Waals surface area contributed by atoms with Gasteiger partial charge in [-0.25, -0.2) is 5.48 Å². The molecule has 1 aromatic carbocycles. The number of nitrogens with one attached hydrogen (secondary N) is 1. The lowest BCUT2D eigenvalue weighted by atomic mass is 9.53. The van der Waals surface area contributed by atoms with E-state index >= 15 is 0 Å². The summed E-state index contributed by atoms with van der Waals surface area (Å²) in [4.78, 5) is 11.2. The summed E-state index contributed by atoms with van der Waals surface area (Å²) in [6.07, 6.45) is 8.27. The fourth-order valence-electron chi connectivity index (χ4n) is 7.06. The molecule has 0 aliphatic heterocycles. The molecule has 5 rings (SSSR count). The molecule has 1 amide bonds. The van der Waals surface area contributed by atoms with Gasteiger partial charge in [0, 0.05) is 18.4 Å². The largest absolute Gasteiger partial charge is 0.508 e. The van der Waals surface area contributed by atoms with Crippen LogP contribution in [0.1, 0.15) is 74.6 Å². The number of aliphatic hydroxyl groups is 1. The van der Waals surface area contributed by atoms with Crippen molar-refractivity contribution in [1.82, 2.24) is 20.5 Å². The summed E-state index contributed by atoms with van der Waals surface area (Å²) in [6, 6.07) is 5.84. The summed E-state index contributed by atoms with van der Waals surface area (Å²) < 4.78 is 1.68. The van der Waals surface area contributed by atoms with Crippen molar-refractivity contribution in [1.29, 1.82) is 0 Å². The van der Waals surface area contributed by atoms with Crippen LogP contribution < -0.4 is 5.48 Å². The van der Waals surface area contributed by atoms with Gasteiger partial charge >= 0.3 is 0 Å². The number of hydrogen-bond acceptors (Lipinski definition) is 6. The van der Waals surface area contributed by atoms with Crippen molar-refractivity contribution in [3.63, 3.8) is 0 Å². The van der Waals surface area contributed by atoms with Crippen molar-refractivity contribution in [2.24, 2.45) is 17.3 Å². The van der Waals surface area contributed by atoms with Crippen LogP contribution >= 0.6 is 0 Å². The Morgan fingerprint density at radius 3 is 2.94 bits per heavy atom. The zero-order valence-electron chi connectivity index (χ0n) is 18.5. The monoisotopic (exact) mass is 440 g/mol. The third-order valence-electron chi connectivity index (χ3n) is 8.74. The third kappa shape index (κ3) is 3.23. The van der Waals surface area contributed by atoms with Gasteiger partial charge in [-0.1, -0.05) is 18.2 Å². The molecular formula is C24H32N4O4. The number of carbonyl (C=O) groups is 1. The molecule has 2 saturated carbocycles. The van der Waals surface area contributed by atoms with Crippen LogP contribution in [0.25, 0.3) is 0 Å². The molecule has 0 spiro atoms. The zero-order valence-corrected chi connectivity index (χ0v) is 18.5. The number of hydroxylamine groups is 1. The van der Waals surface area contributed by atoms with Crippen molar-refractivity contribution in [2.45, 2.75) is 76.4 Å². The van der Waals surface area contributed by atoms with E-state index in [9.17, 15) is 15.0 Å². The molecule has 0 bridgehead atoms. The summed E-state index contributed by atoms with van der Waals surface area (Å²) in [7, 11) is 0. The Morgan fingerprint density at radius 1 is 1.28 bits per heavy atom. The Labute approximate surface area is 187 Å². The number of phenols is 1. The highest BCUT2D eigenvalue weighted by atomic mass is 16.5. The van der Waals surface area contributed by atoms with Crippen LogP contribution in [0.5, 0.6) is 5.75 Å². The normalized spacial score (nSPS) is 33.3. The molecule has 0 radical (unpaired) electrons. The minimum atomic E-state index is -1.00. The second-order valence-corrected chi connectivity index (χ2v) is 10.2. The molecule has 1 aromatic heterocycles.